The van der Waals surface area contributed by atoms with Crippen LogP contribution in [0.3, 0.4) is 0 Å². The smallest absolute Gasteiger partial charge is 0.270 e. The molecule has 1 N–H and O–H groups in total. The molecule has 6 heteroatoms. The second-order valence-electron chi connectivity index (χ2n) is 7.11. The van der Waals surface area contributed by atoms with Crippen LogP contribution in [0, 0.1) is 0 Å². The summed E-state index contributed by atoms with van der Waals surface area (Å²) in [5.41, 5.74) is 2.56. The highest BCUT2D eigenvalue weighted by molar-refractivity contribution is 7.80. The van der Waals surface area contributed by atoms with Crippen LogP contribution in [0.15, 0.2) is 66.2 Å². The van der Waals surface area contributed by atoms with Crippen molar-refractivity contribution in [3.8, 4) is 5.75 Å². The predicted octanol–water partition coefficient (Wildman–Crippen LogP) is 4.63. The van der Waals surface area contributed by atoms with Crippen molar-refractivity contribution in [2.75, 3.05) is 11.5 Å². The fourth-order valence-electron chi connectivity index (χ4n) is 3.63. The van der Waals surface area contributed by atoms with Crippen LogP contribution >= 0.6 is 12.2 Å². The Kier molecular flexibility index (Phi) is 5.82. The molecule has 31 heavy (non-hydrogen) atoms. The van der Waals surface area contributed by atoms with Gasteiger partial charge in [0.2, 0.25) is 0 Å². The zero-order valence-electron chi connectivity index (χ0n) is 17.3. The van der Waals surface area contributed by atoms with Gasteiger partial charge in [-0.25, -0.2) is 0 Å². The molecule has 0 unspecified atom stereocenters. The Morgan fingerprint density at radius 1 is 0.968 bits per heavy atom. The number of fused-ring (bicyclic) bond motifs is 1. The highest BCUT2D eigenvalue weighted by atomic mass is 32.1. The van der Waals surface area contributed by atoms with Crippen molar-refractivity contribution >= 4 is 51.7 Å². The van der Waals surface area contributed by atoms with Gasteiger partial charge in [0.25, 0.3) is 11.8 Å². The van der Waals surface area contributed by atoms with E-state index in [0.717, 1.165) is 34.1 Å². The van der Waals surface area contributed by atoms with E-state index in [9.17, 15) is 9.59 Å². The SMILES string of the molecule is CCOc1ccc(C=C2C(=O)NC(=S)N(c3ccc(CC)cc3)C2=O)c2ccccc12. The Labute approximate surface area is 186 Å². The van der Waals surface area contributed by atoms with Gasteiger partial charge in [-0.1, -0.05) is 49.4 Å². The van der Waals surface area contributed by atoms with E-state index in [1.165, 1.54) is 4.90 Å². The Hall–Kier alpha value is -3.51. The molecule has 0 spiro atoms. The first-order valence-electron chi connectivity index (χ1n) is 10.2. The van der Waals surface area contributed by atoms with Crippen molar-refractivity contribution in [3.63, 3.8) is 0 Å². The lowest BCUT2D eigenvalue weighted by Crippen LogP contribution is -2.54. The third-order valence-electron chi connectivity index (χ3n) is 5.22. The number of ether oxygens (including phenoxy) is 1. The van der Waals surface area contributed by atoms with Crippen molar-refractivity contribution in [2.24, 2.45) is 0 Å². The van der Waals surface area contributed by atoms with E-state index in [0.29, 0.717) is 12.3 Å². The average Bonchev–Trinajstić information content (AvgIpc) is 2.78. The maximum Gasteiger partial charge on any atom is 0.270 e. The number of nitrogens with one attached hydrogen (secondary N) is 1. The molecule has 1 aliphatic rings. The van der Waals surface area contributed by atoms with Crippen molar-refractivity contribution in [1.29, 1.82) is 0 Å². The number of nitrogens with zero attached hydrogens (tertiary/aromatic N) is 1. The van der Waals surface area contributed by atoms with Crippen LogP contribution in [0.2, 0.25) is 0 Å². The normalized spacial score (nSPS) is 15.5. The molecule has 0 radical (unpaired) electrons. The Balaban J connectivity index is 1.78. The molecule has 0 aromatic heterocycles. The standard InChI is InChI=1S/C25H22N2O3S/c1-3-16-9-12-18(13-10-16)27-24(29)21(23(28)26-25(27)31)15-17-11-14-22(30-4-2)20-8-6-5-7-19(17)20/h5-15H,3-4H2,1-2H3,(H,26,28,31). The summed E-state index contributed by atoms with van der Waals surface area (Å²) in [7, 11) is 0. The minimum absolute atomic E-state index is 0.0301. The molecule has 2 amide bonds. The molecular weight excluding hydrogens is 408 g/mol. The van der Waals surface area contributed by atoms with Crippen LogP contribution in [0.5, 0.6) is 5.75 Å². The average molecular weight is 431 g/mol. The number of aryl methyl sites for hydroxylation is 1. The van der Waals surface area contributed by atoms with Gasteiger partial charge < -0.3 is 4.74 Å². The number of carbonyl (C=O) groups excluding carboxylic acids is 2. The second-order valence-corrected chi connectivity index (χ2v) is 7.50. The maximum absolute atomic E-state index is 13.3. The lowest BCUT2D eigenvalue weighted by Gasteiger charge is -2.29. The van der Waals surface area contributed by atoms with Gasteiger partial charge in [0.1, 0.15) is 11.3 Å². The number of thiocarbonyl (C=S) groups is 1. The van der Waals surface area contributed by atoms with E-state index in [2.05, 4.69) is 12.2 Å². The number of benzene rings is 3. The summed E-state index contributed by atoms with van der Waals surface area (Å²) in [6, 6.07) is 19.0. The first-order chi connectivity index (χ1) is 15.0. The van der Waals surface area contributed by atoms with Crippen LogP contribution in [-0.2, 0) is 16.0 Å². The van der Waals surface area contributed by atoms with Crippen LogP contribution < -0.4 is 15.0 Å². The highest BCUT2D eigenvalue weighted by Gasteiger charge is 2.34. The molecule has 3 aromatic carbocycles. The van der Waals surface area contributed by atoms with Gasteiger partial charge in [-0.3, -0.25) is 19.8 Å². The lowest BCUT2D eigenvalue weighted by atomic mass is 10.00. The number of hydrogen-bond acceptors (Lipinski definition) is 4. The van der Waals surface area contributed by atoms with Crippen molar-refractivity contribution in [1.82, 2.24) is 5.32 Å². The molecule has 0 bridgehead atoms. The number of carbonyl (C=O) groups is 2. The van der Waals surface area contributed by atoms with Gasteiger partial charge in [0.05, 0.1) is 12.3 Å². The molecule has 0 atom stereocenters. The zero-order valence-corrected chi connectivity index (χ0v) is 18.2. The van der Waals surface area contributed by atoms with E-state index >= 15 is 0 Å². The summed E-state index contributed by atoms with van der Waals surface area (Å²) in [6.45, 7) is 4.54. The molecule has 1 heterocycles. The molecule has 0 aliphatic carbocycles. The van der Waals surface area contributed by atoms with E-state index in [1.54, 1.807) is 6.08 Å². The van der Waals surface area contributed by atoms with Crippen molar-refractivity contribution in [2.45, 2.75) is 20.3 Å². The molecule has 5 nitrogen and oxygen atoms in total. The predicted molar refractivity (Wildman–Crippen MR) is 127 cm³/mol. The van der Waals surface area contributed by atoms with E-state index in [-0.39, 0.29) is 10.7 Å². The lowest BCUT2D eigenvalue weighted by molar-refractivity contribution is -0.122. The zero-order chi connectivity index (χ0) is 22.0. The topological polar surface area (TPSA) is 58.6 Å². The highest BCUT2D eigenvalue weighted by Crippen LogP contribution is 2.31. The summed E-state index contributed by atoms with van der Waals surface area (Å²) in [5, 5.41) is 4.54. The molecule has 1 aliphatic heterocycles. The third kappa shape index (κ3) is 3.94. The molecule has 156 valence electrons. The first-order valence-corrected chi connectivity index (χ1v) is 10.6. The van der Waals surface area contributed by atoms with E-state index < -0.39 is 11.8 Å². The Morgan fingerprint density at radius 2 is 1.68 bits per heavy atom. The van der Waals surface area contributed by atoms with Gasteiger partial charge in [-0.15, -0.1) is 0 Å². The van der Waals surface area contributed by atoms with E-state index in [4.69, 9.17) is 17.0 Å². The summed E-state index contributed by atoms with van der Waals surface area (Å²) in [4.78, 5) is 27.3. The molecule has 1 saturated heterocycles. The van der Waals surface area contributed by atoms with Crippen molar-refractivity contribution in [3.05, 3.63) is 77.4 Å². The summed E-state index contributed by atoms with van der Waals surface area (Å²) < 4.78 is 5.72. The third-order valence-corrected chi connectivity index (χ3v) is 5.51. The summed E-state index contributed by atoms with van der Waals surface area (Å²) in [5.74, 6) is -0.191. The minimum Gasteiger partial charge on any atom is -0.493 e. The monoisotopic (exact) mass is 430 g/mol. The maximum atomic E-state index is 13.3. The largest absolute Gasteiger partial charge is 0.493 e. The fraction of sp³-hybridized carbons (Fsp3) is 0.160. The first kappa shape index (κ1) is 20.8. The van der Waals surface area contributed by atoms with Gasteiger partial charge in [0, 0.05) is 5.39 Å². The van der Waals surface area contributed by atoms with Crippen molar-refractivity contribution < 1.29 is 14.3 Å². The van der Waals surface area contributed by atoms with Crippen LogP contribution in [0.1, 0.15) is 25.0 Å². The van der Waals surface area contributed by atoms with Crippen LogP contribution in [0.25, 0.3) is 16.8 Å². The van der Waals surface area contributed by atoms with Gasteiger partial charge in [0.15, 0.2) is 5.11 Å². The van der Waals surface area contributed by atoms with Crippen LogP contribution in [0.4, 0.5) is 5.69 Å². The second kappa shape index (κ2) is 8.70. The van der Waals surface area contributed by atoms with E-state index in [1.807, 2.05) is 67.6 Å². The number of anilines is 1. The fourth-order valence-corrected chi connectivity index (χ4v) is 3.91. The summed E-state index contributed by atoms with van der Waals surface area (Å²) >= 11 is 5.29. The number of hydrogen-bond donors (Lipinski definition) is 1. The van der Waals surface area contributed by atoms with Gasteiger partial charge >= 0.3 is 0 Å². The Morgan fingerprint density at radius 3 is 2.35 bits per heavy atom. The molecule has 4 rings (SSSR count). The number of rotatable bonds is 5. The molecular formula is C25H22N2O3S. The quantitative estimate of drug-likeness (QED) is 0.364. The van der Waals surface area contributed by atoms with Crippen LogP contribution in [-0.4, -0.2) is 23.5 Å². The minimum atomic E-state index is -0.505. The molecule has 3 aromatic rings. The van der Waals surface area contributed by atoms with Gasteiger partial charge in [-0.05, 0) is 66.4 Å². The Bertz CT molecular complexity index is 1220. The summed E-state index contributed by atoms with van der Waals surface area (Å²) in [6.07, 6.45) is 2.51. The van der Waals surface area contributed by atoms with Gasteiger partial charge in [-0.2, -0.15) is 0 Å². The molecule has 0 saturated carbocycles. The molecule has 1 fully saturated rings. The number of amides is 2.